The van der Waals surface area contributed by atoms with Crippen molar-refractivity contribution in [2.24, 2.45) is 0 Å². The summed E-state index contributed by atoms with van der Waals surface area (Å²) in [5, 5.41) is 4.14. The van der Waals surface area contributed by atoms with E-state index in [0.717, 1.165) is 12.8 Å². The molecule has 7 heteroatoms. The second kappa shape index (κ2) is 10.2. The number of carbonyl (C=O) groups is 2. The normalized spacial score (nSPS) is 19.7. The number of halogens is 2. The second-order valence-corrected chi connectivity index (χ2v) is 8.07. The molecule has 1 heterocycles. The van der Waals surface area contributed by atoms with Crippen LogP contribution >= 0.6 is 23.2 Å². The van der Waals surface area contributed by atoms with E-state index < -0.39 is 23.4 Å². The lowest BCUT2D eigenvalue weighted by Crippen LogP contribution is -2.45. The largest absolute Gasteiger partial charge is 0.464 e. The molecule has 0 fully saturated rings. The first-order chi connectivity index (χ1) is 14.9. The fraction of sp³-hybridized carbons (Fsp3) is 0.333. The zero-order valence-electron chi connectivity index (χ0n) is 17.5. The number of rotatable bonds is 8. The van der Waals surface area contributed by atoms with E-state index in [1.54, 1.807) is 25.1 Å². The second-order valence-electron chi connectivity index (χ2n) is 7.23. The Morgan fingerprint density at radius 3 is 2.55 bits per heavy atom. The zero-order chi connectivity index (χ0) is 22.4. The highest BCUT2D eigenvalue weighted by Gasteiger charge is 2.54. The molecule has 2 aromatic rings. The van der Waals surface area contributed by atoms with E-state index in [0.29, 0.717) is 33.5 Å². The van der Waals surface area contributed by atoms with E-state index >= 15 is 0 Å². The molecule has 0 aromatic heterocycles. The van der Waals surface area contributed by atoms with E-state index in [1.807, 2.05) is 37.3 Å². The average Bonchev–Trinajstić information content (AvgIpc) is 3.08. The lowest BCUT2D eigenvalue weighted by Gasteiger charge is -2.33. The maximum atomic E-state index is 13.4. The number of hydrogen-bond acceptors (Lipinski definition) is 5. The Hall–Kier alpha value is -2.50. The summed E-state index contributed by atoms with van der Waals surface area (Å²) in [5.74, 6) is -1.57. The highest BCUT2D eigenvalue weighted by Crippen LogP contribution is 2.53. The number of esters is 2. The fourth-order valence-electron chi connectivity index (χ4n) is 3.79. The summed E-state index contributed by atoms with van der Waals surface area (Å²) in [6.07, 6.45) is 4.71. The van der Waals surface area contributed by atoms with E-state index in [4.69, 9.17) is 32.7 Å². The summed E-state index contributed by atoms with van der Waals surface area (Å²) in [4.78, 5) is 25.7. The van der Waals surface area contributed by atoms with Gasteiger partial charge in [-0.1, -0.05) is 73.0 Å². The molecular formula is C24H25Cl2NO4. The van der Waals surface area contributed by atoms with Crippen LogP contribution in [0.1, 0.15) is 43.7 Å². The molecule has 0 aliphatic carbocycles. The summed E-state index contributed by atoms with van der Waals surface area (Å²) in [5.41, 5.74) is 0.656. The molecule has 2 aromatic carbocycles. The van der Waals surface area contributed by atoms with E-state index in [-0.39, 0.29) is 6.61 Å². The van der Waals surface area contributed by atoms with Crippen molar-refractivity contribution in [1.82, 2.24) is 0 Å². The molecule has 2 atom stereocenters. The fourth-order valence-corrected chi connectivity index (χ4v) is 4.40. The van der Waals surface area contributed by atoms with E-state index in [2.05, 4.69) is 5.32 Å². The molecule has 0 radical (unpaired) electrons. The van der Waals surface area contributed by atoms with Crippen LogP contribution in [0.4, 0.5) is 5.69 Å². The number of ether oxygens (including phenoxy) is 2. The minimum absolute atomic E-state index is 0.204. The summed E-state index contributed by atoms with van der Waals surface area (Å²) in [6, 6.07) is 12.6. The predicted octanol–water partition coefficient (Wildman–Crippen LogP) is 5.86. The molecule has 0 spiro atoms. The van der Waals surface area contributed by atoms with Gasteiger partial charge in [0.2, 0.25) is 0 Å². The van der Waals surface area contributed by atoms with Gasteiger partial charge in [0, 0.05) is 33.3 Å². The number of fused-ring (bicyclic) bond motifs is 1. The lowest BCUT2D eigenvalue weighted by molar-refractivity contribution is -0.149. The van der Waals surface area contributed by atoms with Gasteiger partial charge in [-0.2, -0.15) is 0 Å². The van der Waals surface area contributed by atoms with Gasteiger partial charge in [-0.15, -0.1) is 0 Å². The van der Waals surface area contributed by atoms with Gasteiger partial charge in [0.1, 0.15) is 0 Å². The van der Waals surface area contributed by atoms with Crippen LogP contribution in [0.15, 0.2) is 54.6 Å². The van der Waals surface area contributed by atoms with Crippen LogP contribution in [0, 0.1) is 0 Å². The monoisotopic (exact) mass is 461 g/mol. The first-order valence-electron chi connectivity index (χ1n) is 10.3. The van der Waals surface area contributed by atoms with Crippen LogP contribution < -0.4 is 5.32 Å². The van der Waals surface area contributed by atoms with Crippen molar-refractivity contribution >= 4 is 40.8 Å². The first kappa shape index (κ1) is 23.2. The Kier molecular flexibility index (Phi) is 7.63. The molecule has 1 aliphatic heterocycles. The third kappa shape index (κ3) is 4.73. The van der Waals surface area contributed by atoms with Crippen LogP contribution in [-0.2, 0) is 24.6 Å². The Morgan fingerprint density at radius 1 is 1.13 bits per heavy atom. The molecule has 31 heavy (non-hydrogen) atoms. The van der Waals surface area contributed by atoms with Gasteiger partial charge in [0.15, 0.2) is 5.54 Å². The summed E-state index contributed by atoms with van der Waals surface area (Å²) < 4.78 is 10.7. The maximum Gasteiger partial charge on any atom is 0.337 e. The number of benzene rings is 2. The number of nitrogens with one attached hydrogen (secondary N) is 1. The highest BCUT2D eigenvalue weighted by atomic mass is 35.5. The Labute approximate surface area is 192 Å². The Morgan fingerprint density at radius 2 is 1.87 bits per heavy atom. The maximum absolute atomic E-state index is 13.4. The van der Waals surface area contributed by atoms with Crippen molar-refractivity contribution < 1.29 is 19.1 Å². The molecule has 0 saturated carbocycles. The third-order valence-corrected chi connectivity index (χ3v) is 5.73. The molecule has 2 unspecified atom stereocenters. The van der Waals surface area contributed by atoms with Gasteiger partial charge >= 0.3 is 11.9 Å². The van der Waals surface area contributed by atoms with Gasteiger partial charge < -0.3 is 14.8 Å². The molecule has 5 nitrogen and oxygen atoms in total. The standard InChI is InChI=1S/C24H25Cl2NO4/c1-3-5-13-31-21(28)12-11-18-22-19(26)14-17(25)15-20(22)27-24(18,23(29)30-4-2)16-9-7-6-8-10-16/h6-12,14-15,18,27H,3-5,13H2,1-2H3/b12-11-. The molecule has 0 amide bonds. The van der Waals surface area contributed by atoms with Crippen LogP contribution in [0.5, 0.6) is 0 Å². The van der Waals surface area contributed by atoms with Crippen LogP contribution in [-0.4, -0.2) is 25.2 Å². The number of unbranched alkanes of at least 4 members (excludes halogenated alkanes) is 1. The molecule has 3 rings (SSSR count). The van der Waals surface area contributed by atoms with Crippen molar-refractivity contribution in [2.75, 3.05) is 18.5 Å². The van der Waals surface area contributed by atoms with Crippen LogP contribution in [0.2, 0.25) is 10.0 Å². The summed E-state index contributed by atoms with van der Waals surface area (Å²) in [6.45, 7) is 4.32. The van der Waals surface area contributed by atoms with Crippen molar-refractivity contribution in [3.05, 3.63) is 75.8 Å². The minimum atomic E-state index is -1.31. The number of carbonyl (C=O) groups excluding carboxylic acids is 2. The van der Waals surface area contributed by atoms with Gasteiger partial charge in [-0.25, -0.2) is 9.59 Å². The van der Waals surface area contributed by atoms with E-state index in [1.165, 1.54) is 6.08 Å². The molecule has 1 aliphatic rings. The number of anilines is 1. The minimum Gasteiger partial charge on any atom is -0.464 e. The van der Waals surface area contributed by atoms with Gasteiger partial charge in [-0.3, -0.25) is 0 Å². The smallest absolute Gasteiger partial charge is 0.337 e. The predicted molar refractivity (Wildman–Crippen MR) is 123 cm³/mol. The quantitative estimate of drug-likeness (QED) is 0.303. The highest BCUT2D eigenvalue weighted by molar-refractivity contribution is 6.36. The Balaban J connectivity index is 2.12. The molecule has 0 bridgehead atoms. The topological polar surface area (TPSA) is 64.6 Å². The third-order valence-electron chi connectivity index (χ3n) is 5.20. The summed E-state index contributed by atoms with van der Waals surface area (Å²) >= 11 is 12.8. The number of hydrogen-bond donors (Lipinski definition) is 1. The van der Waals surface area contributed by atoms with Crippen LogP contribution in [0.3, 0.4) is 0 Å². The molecule has 1 N–H and O–H groups in total. The van der Waals surface area contributed by atoms with Crippen LogP contribution in [0.25, 0.3) is 0 Å². The van der Waals surface area contributed by atoms with E-state index in [9.17, 15) is 9.59 Å². The first-order valence-corrected chi connectivity index (χ1v) is 11.0. The zero-order valence-corrected chi connectivity index (χ0v) is 19.0. The van der Waals surface area contributed by atoms with Gasteiger partial charge in [0.05, 0.1) is 13.2 Å². The lowest BCUT2D eigenvalue weighted by atomic mass is 9.77. The van der Waals surface area contributed by atoms with Crippen molar-refractivity contribution in [1.29, 1.82) is 0 Å². The molecule has 164 valence electrons. The van der Waals surface area contributed by atoms with Gasteiger partial charge in [-0.05, 0) is 31.0 Å². The van der Waals surface area contributed by atoms with Crippen molar-refractivity contribution in [2.45, 2.75) is 38.1 Å². The Bertz CT molecular complexity index is 977. The van der Waals surface area contributed by atoms with Gasteiger partial charge in [0.25, 0.3) is 0 Å². The summed E-state index contributed by atoms with van der Waals surface area (Å²) in [7, 11) is 0. The molecule has 0 saturated heterocycles. The molecular weight excluding hydrogens is 437 g/mol. The van der Waals surface area contributed by atoms with Crippen molar-refractivity contribution in [3.8, 4) is 0 Å². The van der Waals surface area contributed by atoms with Crippen molar-refractivity contribution in [3.63, 3.8) is 0 Å². The average molecular weight is 462 g/mol. The SMILES string of the molecule is CCCCOC(=O)/C=C\C1c2c(Cl)cc(Cl)cc2NC1(C(=O)OCC)c1ccccc1.